The SMILES string of the molecule is CC(C)C(C(=O)OCc1cccc(Oc2ccccc2)c1)c1ccc2c(c1)OCO2. The summed E-state index contributed by atoms with van der Waals surface area (Å²) in [5.41, 5.74) is 1.73. The number of carbonyl (C=O) groups excluding carboxylic acids is 1. The molecule has 5 heteroatoms. The number of para-hydroxylation sites is 1. The number of benzene rings is 3. The highest BCUT2D eigenvalue weighted by Crippen LogP contribution is 2.37. The van der Waals surface area contributed by atoms with Crippen molar-refractivity contribution in [3.8, 4) is 23.0 Å². The molecule has 1 aliphatic heterocycles. The van der Waals surface area contributed by atoms with Crippen molar-refractivity contribution in [2.24, 2.45) is 5.92 Å². The second-order valence-electron chi connectivity index (χ2n) is 7.50. The van der Waals surface area contributed by atoms with E-state index in [1.165, 1.54) is 0 Å². The van der Waals surface area contributed by atoms with Crippen molar-refractivity contribution in [2.75, 3.05) is 6.79 Å². The summed E-state index contributed by atoms with van der Waals surface area (Å²) in [6.45, 7) is 4.39. The van der Waals surface area contributed by atoms with E-state index in [-0.39, 0.29) is 31.2 Å². The maximum Gasteiger partial charge on any atom is 0.314 e. The lowest BCUT2D eigenvalue weighted by atomic mass is 9.88. The van der Waals surface area contributed by atoms with E-state index < -0.39 is 0 Å². The van der Waals surface area contributed by atoms with Crippen molar-refractivity contribution >= 4 is 5.97 Å². The zero-order valence-electron chi connectivity index (χ0n) is 17.0. The van der Waals surface area contributed by atoms with Crippen LogP contribution in [0.15, 0.2) is 72.8 Å². The molecule has 0 radical (unpaired) electrons. The van der Waals surface area contributed by atoms with Gasteiger partial charge in [0, 0.05) is 0 Å². The average Bonchev–Trinajstić information content (AvgIpc) is 3.21. The van der Waals surface area contributed by atoms with Gasteiger partial charge in [-0.2, -0.15) is 0 Å². The van der Waals surface area contributed by atoms with Crippen LogP contribution in [-0.4, -0.2) is 12.8 Å². The predicted octanol–water partition coefficient (Wildman–Crippen LogP) is 5.69. The molecule has 154 valence electrons. The summed E-state index contributed by atoms with van der Waals surface area (Å²) in [5, 5.41) is 0. The Labute approximate surface area is 176 Å². The van der Waals surface area contributed by atoms with Gasteiger partial charge in [-0.15, -0.1) is 0 Å². The monoisotopic (exact) mass is 404 g/mol. The summed E-state index contributed by atoms with van der Waals surface area (Å²) in [6, 6.07) is 22.7. The molecular formula is C25H24O5. The van der Waals surface area contributed by atoms with E-state index in [1.807, 2.05) is 86.6 Å². The molecule has 0 saturated heterocycles. The van der Waals surface area contributed by atoms with Gasteiger partial charge >= 0.3 is 5.97 Å². The molecule has 0 saturated carbocycles. The smallest absolute Gasteiger partial charge is 0.314 e. The quantitative estimate of drug-likeness (QED) is 0.474. The Morgan fingerprint density at radius 3 is 2.47 bits per heavy atom. The van der Waals surface area contributed by atoms with E-state index in [0.717, 1.165) is 16.9 Å². The Hall–Kier alpha value is -3.47. The fraction of sp³-hybridized carbons (Fsp3) is 0.240. The summed E-state index contributed by atoms with van der Waals surface area (Å²) in [6.07, 6.45) is 0. The van der Waals surface area contributed by atoms with Crippen LogP contribution < -0.4 is 14.2 Å². The number of carbonyl (C=O) groups is 1. The minimum absolute atomic E-state index is 0.0746. The molecule has 0 bridgehead atoms. The van der Waals surface area contributed by atoms with E-state index in [9.17, 15) is 4.79 Å². The van der Waals surface area contributed by atoms with Gasteiger partial charge in [-0.05, 0) is 53.4 Å². The normalized spacial score (nSPS) is 13.2. The first-order valence-corrected chi connectivity index (χ1v) is 9.98. The molecule has 0 amide bonds. The third-order valence-electron chi connectivity index (χ3n) is 4.93. The summed E-state index contributed by atoms with van der Waals surface area (Å²) >= 11 is 0. The van der Waals surface area contributed by atoms with Gasteiger partial charge in [0.2, 0.25) is 6.79 Å². The first-order chi connectivity index (χ1) is 14.6. The number of rotatable bonds is 7. The topological polar surface area (TPSA) is 54.0 Å². The number of hydrogen-bond acceptors (Lipinski definition) is 5. The molecule has 3 aromatic rings. The highest BCUT2D eigenvalue weighted by molar-refractivity contribution is 5.79. The molecule has 1 unspecified atom stereocenters. The molecule has 4 rings (SSSR count). The third-order valence-corrected chi connectivity index (χ3v) is 4.93. The van der Waals surface area contributed by atoms with Crippen LogP contribution in [0.4, 0.5) is 0 Å². The van der Waals surface area contributed by atoms with Crippen LogP contribution in [0.2, 0.25) is 0 Å². The van der Waals surface area contributed by atoms with Crippen LogP contribution in [0, 0.1) is 5.92 Å². The van der Waals surface area contributed by atoms with Gasteiger partial charge in [-0.25, -0.2) is 0 Å². The van der Waals surface area contributed by atoms with Crippen LogP contribution in [0.25, 0.3) is 0 Å². The molecule has 0 spiro atoms. The Balaban J connectivity index is 1.43. The molecule has 0 fully saturated rings. The van der Waals surface area contributed by atoms with Gasteiger partial charge in [0.05, 0.1) is 5.92 Å². The molecule has 0 aliphatic carbocycles. The standard InChI is InChI=1S/C25H24O5/c1-17(2)24(19-11-12-22-23(14-19)29-16-28-22)25(26)27-15-18-7-6-10-21(13-18)30-20-8-4-3-5-9-20/h3-14,17,24H,15-16H2,1-2H3. The predicted molar refractivity (Wildman–Crippen MR) is 113 cm³/mol. The molecule has 1 atom stereocenters. The average molecular weight is 404 g/mol. The summed E-state index contributed by atoms with van der Waals surface area (Å²) in [5.74, 6) is 2.24. The Bertz CT molecular complexity index is 1010. The maximum atomic E-state index is 12.9. The van der Waals surface area contributed by atoms with E-state index in [2.05, 4.69) is 0 Å². The highest BCUT2D eigenvalue weighted by atomic mass is 16.7. The molecule has 1 aliphatic rings. The minimum atomic E-state index is -0.386. The zero-order valence-corrected chi connectivity index (χ0v) is 17.0. The highest BCUT2D eigenvalue weighted by Gasteiger charge is 2.28. The van der Waals surface area contributed by atoms with Crippen molar-refractivity contribution in [1.82, 2.24) is 0 Å². The Morgan fingerprint density at radius 2 is 1.67 bits per heavy atom. The second-order valence-corrected chi connectivity index (χ2v) is 7.50. The molecule has 0 aromatic heterocycles. The number of hydrogen-bond donors (Lipinski definition) is 0. The molecule has 5 nitrogen and oxygen atoms in total. The summed E-state index contributed by atoms with van der Waals surface area (Å²) < 4.78 is 22.3. The van der Waals surface area contributed by atoms with Crippen molar-refractivity contribution in [3.63, 3.8) is 0 Å². The molecule has 1 heterocycles. The molecule has 30 heavy (non-hydrogen) atoms. The van der Waals surface area contributed by atoms with Crippen LogP contribution in [0.5, 0.6) is 23.0 Å². The van der Waals surface area contributed by atoms with E-state index >= 15 is 0 Å². The summed E-state index contributed by atoms with van der Waals surface area (Å²) in [7, 11) is 0. The van der Waals surface area contributed by atoms with Gasteiger partial charge in [0.1, 0.15) is 18.1 Å². The van der Waals surface area contributed by atoms with Gasteiger partial charge in [-0.3, -0.25) is 4.79 Å². The largest absolute Gasteiger partial charge is 0.460 e. The van der Waals surface area contributed by atoms with Gasteiger partial charge in [-0.1, -0.05) is 50.2 Å². The van der Waals surface area contributed by atoms with Gasteiger partial charge < -0.3 is 18.9 Å². The Morgan fingerprint density at radius 1 is 0.900 bits per heavy atom. The fourth-order valence-electron chi connectivity index (χ4n) is 3.47. The van der Waals surface area contributed by atoms with Crippen molar-refractivity contribution < 1.29 is 23.7 Å². The lowest BCUT2D eigenvalue weighted by Crippen LogP contribution is -2.20. The summed E-state index contributed by atoms with van der Waals surface area (Å²) in [4.78, 5) is 12.9. The first-order valence-electron chi connectivity index (χ1n) is 9.98. The van der Waals surface area contributed by atoms with E-state index in [1.54, 1.807) is 0 Å². The number of ether oxygens (including phenoxy) is 4. The van der Waals surface area contributed by atoms with Crippen LogP contribution >= 0.6 is 0 Å². The van der Waals surface area contributed by atoms with Gasteiger partial charge in [0.25, 0.3) is 0 Å². The first kappa shape index (κ1) is 19.8. The van der Waals surface area contributed by atoms with Crippen LogP contribution in [0.1, 0.15) is 30.9 Å². The van der Waals surface area contributed by atoms with Crippen LogP contribution in [-0.2, 0) is 16.1 Å². The molecule has 0 N–H and O–H groups in total. The number of fused-ring (bicyclic) bond motifs is 1. The van der Waals surface area contributed by atoms with E-state index in [4.69, 9.17) is 18.9 Å². The third kappa shape index (κ3) is 4.57. The molecule has 3 aromatic carbocycles. The minimum Gasteiger partial charge on any atom is -0.460 e. The van der Waals surface area contributed by atoms with Crippen molar-refractivity contribution in [2.45, 2.75) is 26.4 Å². The fourth-order valence-corrected chi connectivity index (χ4v) is 3.47. The van der Waals surface area contributed by atoms with Gasteiger partial charge in [0.15, 0.2) is 11.5 Å². The maximum absolute atomic E-state index is 12.9. The van der Waals surface area contributed by atoms with Crippen LogP contribution in [0.3, 0.4) is 0 Å². The number of esters is 1. The lowest BCUT2D eigenvalue weighted by molar-refractivity contribution is -0.148. The Kier molecular flexibility index (Phi) is 5.89. The molecular weight excluding hydrogens is 380 g/mol. The zero-order chi connectivity index (χ0) is 20.9. The van der Waals surface area contributed by atoms with E-state index in [0.29, 0.717) is 17.2 Å². The lowest BCUT2D eigenvalue weighted by Gasteiger charge is -2.20. The second kappa shape index (κ2) is 8.91. The van der Waals surface area contributed by atoms with Crippen molar-refractivity contribution in [3.05, 3.63) is 83.9 Å². The van der Waals surface area contributed by atoms with Crippen molar-refractivity contribution in [1.29, 1.82) is 0 Å².